The fraction of sp³-hybridized carbons (Fsp3) is 0.667. The number of nitrogens with one attached hydrogen (secondary N) is 1. The molecule has 2 aliphatic heterocycles. The van der Waals surface area contributed by atoms with Crippen molar-refractivity contribution in [3.05, 3.63) is 28.8 Å². The van der Waals surface area contributed by atoms with Gasteiger partial charge in [-0.25, -0.2) is 4.79 Å². The third-order valence-corrected chi connectivity index (χ3v) is 6.84. The zero-order valence-electron chi connectivity index (χ0n) is 16.1. The molecular formula is C21H29ClN2O3. The molecule has 0 spiro atoms. The van der Waals surface area contributed by atoms with Gasteiger partial charge in [-0.1, -0.05) is 18.5 Å². The van der Waals surface area contributed by atoms with E-state index in [-0.39, 0.29) is 18.2 Å². The molecule has 2 saturated heterocycles. The van der Waals surface area contributed by atoms with Crippen LogP contribution in [0.5, 0.6) is 0 Å². The number of hydrogen-bond acceptors (Lipinski definition) is 3. The van der Waals surface area contributed by atoms with E-state index in [0.717, 1.165) is 54.3 Å². The highest BCUT2D eigenvalue weighted by Crippen LogP contribution is 2.49. The highest BCUT2D eigenvalue weighted by Gasteiger charge is 2.47. The number of carbonyl (C=O) groups is 1. The summed E-state index contributed by atoms with van der Waals surface area (Å²) < 4.78 is 5.74. The number of rotatable bonds is 5. The summed E-state index contributed by atoms with van der Waals surface area (Å²) in [7, 11) is 0. The Morgan fingerprint density at radius 2 is 2.04 bits per heavy atom. The summed E-state index contributed by atoms with van der Waals surface area (Å²) in [5.41, 5.74) is 1.68. The molecule has 0 aromatic heterocycles. The Bertz CT molecular complexity index is 707. The van der Waals surface area contributed by atoms with Crippen molar-refractivity contribution in [1.82, 2.24) is 4.90 Å². The van der Waals surface area contributed by atoms with Crippen molar-refractivity contribution in [3.63, 3.8) is 0 Å². The number of nitrogens with zero attached hydrogens (tertiary/aromatic N) is 1. The maximum Gasteiger partial charge on any atom is 0.322 e. The molecule has 27 heavy (non-hydrogen) atoms. The van der Waals surface area contributed by atoms with E-state index in [1.807, 2.05) is 23.1 Å². The quantitative estimate of drug-likeness (QED) is 0.781. The molecule has 2 atom stereocenters. The number of ether oxygens (including phenoxy) is 1. The lowest BCUT2D eigenvalue weighted by Crippen LogP contribution is -2.63. The first-order valence-electron chi connectivity index (χ1n) is 10.0. The Morgan fingerprint density at radius 1 is 1.33 bits per heavy atom. The molecule has 1 aromatic rings. The van der Waals surface area contributed by atoms with Crippen molar-refractivity contribution in [1.29, 1.82) is 0 Å². The van der Waals surface area contributed by atoms with E-state index < -0.39 is 0 Å². The molecule has 2 heterocycles. The fourth-order valence-electron chi connectivity index (χ4n) is 5.21. The third-order valence-electron chi connectivity index (χ3n) is 6.50. The highest BCUT2D eigenvalue weighted by molar-refractivity contribution is 6.31. The number of benzene rings is 1. The van der Waals surface area contributed by atoms with E-state index >= 15 is 0 Å². The summed E-state index contributed by atoms with van der Waals surface area (Å²) in [6.07, 6.45) is 5.13. The molecule has 4 fully saturated rings. The number of aliphatic hydroxyl groups is 1. The van der Waals surface area contributed by atoms with Gasteiger partial charge in [-0.3, -0.25) is 0 Å². The Balaban J connectivity index is 1.39. The Labute approximate surface area is 166 Å². The molecule has 2 saturated carbocycles. The number of halogens is 1. The number of anilines is 1. The van der Waals surface area contributed by atoms with Crippen LogP contribution < -0.4 is 5.32 Å². The first kappa shape index (κ1) is 19.0. The summed E-state index contributed by atoms with van der Waals surface area (Å²) in [6.45, 7) is 4.75. The first-order chi connectivity index (χ1) is 12.9. The van der Waals surface area contributed by atoms with Crippen molar-refractivity contribution in [2.45, 2.75) is 69.6 Å². The van der Waals surface area contributed by atoms with Crippen LogP contribution in [0.4, 0.5) is 10.5 Å². The van der Waals surface area contributed by atoms with Crippen molar-refractivity contribution >= 4 is 23.3 Å². The van der Waals surface area contributed by atoms with Gasteiger partial charge >= 0.3 is 6.03 Å². The lowest BCUT2D eigenvalue weighted by Gasteiger charge is -2.54. The number of fused-ring (bicyclic) bond motifs is 2. The standard InChI is InChI=1S/C21H29ClN2O3/c1-13-7-16-10-17(8-13)24(16)20(26)23-15-3-4-19(22)18(9-15)14-11-21(2,12-14)27-6-5-25/h3-4,9,13-14,16-17,25H,5-8,10-12H2,1-2H3,(H,23,26). The molecule has 5 rings (SSSR count). The number of amides is 2. The second kappa shape index (κ2) is 7.26. The summed E-state index contributed by atoms with van der Waals surface area (Å²) in [5, 5.41) is 12.8. The molecule has 5 nitrogen and oxygen atoms in total. The Morgan fingerprint density at radius 3 is 2.70 bits per heavy atom. The Kier molecular flexibility index (Phi) is 5.12. The van der Waals surface area contributed by atoms with E-state index in [1.165, 1.54) is 0 Å². The smallest absolute Gasteiger partial charge is 0.322 e. The average molecular weight is 393 g/mol. The van der Waals surface area contributed by atoms with Crippen molar-refractivity contribution < 1.29 is 14.6 Å². The number of piperidine rings is 1. The van der Waals surface area contributed by atoms with Crippen LogP contribution >= 0.6 is 11.6 Å². The summed E-state index contributed by atoms with van der Waals surface area (Å²) in [6, 6.07) is 6.58. The van der Waals surface area contributed by atoms with Gasteiger partial charge in [-0.15, -0.1) is 0 Å². The van der Waals surface area contributed by atoms with Crippen LogP contribution in [-0.4, -0.2) is 46.9 Å². The van der Waals surface area contributed by atoms with Gasteiger partial charge in [0.15, 0.2) is 0 Å². The van der Waals surface area contributed by atoms with E-state index in [2.05, 4.69) is 19.2 Å². The van der Waals surface area contributed by atoms with Gasteiger partial charge in [0, 0.05) is 22.8 Å². The minimum Gasteiger partial charge on any atom is -0.394 e. The predicted octanol–water partition coefficient (Wildman–Crippen LogP) is 4.39. The average Bonchev–Trinajstić information content (AvgIpc) is 2.59. The number of urea groups is 1. The molecule has 2 unspecified atom stereocenters. The van der Waals surface area contributed by atoms with E-state index in [4.69, 9.17) is 21.4 Å². The van der Waals surface area contributed by atoms with Crippen molar-refractivity contribution in [2.75, 3.05) is 18.5 Å². The molecule has 2 bridgehead atoms. The molecule has 6 heteroatoms. The van der Waals surface area contributed by atoms with Crippen LogP contribution in [0.2, 0.25) is 5.02 Å². The summed E-state index contributed by atoms with van der Waals surface area (Å²) in [4.78, 5) is 14.7. The molecular weight excluding hydrogens is 364 g/mol. The molecule has 2 amide bonds. The topological polar surface area (TPSA) is 61.8 Å². The molecule has 148 valence electrons. The van der Waals surface area contributed by atoms with E-state index in [0.29, 0.717) is 24.6 Å². The lowest BCUT2D eigenvalue weighted by molar-refractivity contribution is -0.105. The number of carbonyl (C=O) groups excluding carboxylic acids is 1. The van der Waals surface area contributed by atoms with Crippen LogP contribution in [0.3, 0.4) is 0 Å². The SMILES string of the molecule is CC1CC2CC(C1)N2C(=O)Nc1ccc(Cl)c(C2CC(C)(OCCO)C2)c1. The van der Waals surface area contributed by atoms with Gasteiger partial charge in [0.25, 0.3) is 0 Å². The lowest BCUT2D eigenvalue weighted by atomic mass is 9.68. The minimum absolute atomic E-state index is 0.0150. The number of hydrogen-bond donors (Lipinski definition) is 2. The minimum atomic E-state index is -0.193. The van der Waals surface area contributed by atoms with Gasteiger partial charge in [0.05, 0.1) is 18.8 Å². The maximum absolute atomic E-state index is 12.7. The maximum atomic E-state index is 12.7. The first-order valence-corrected chi connectivity index (χ1v) is 10.4. The monoisotopic (exact) mass is 392 g/mol. The van der Waals surface area contributed by atoms with Crippen LogP contribution in [0.1, 0.15) is 57.4 Å². The van der Waals surface area contributed by atoms with Crippen molar-refractivity contribution in [2.24, 2.45) is 5.92 Å². The van der Waals surface area contributed by atoms with Gasteiger partial charge in [0.2, 0.25) is 0 Å². The summed E-state index contributed by atoms with van der Waals surface area (Å²) >= 11 is 6.43. The van der Waals surface area contributed by atoms with Gasteiger partial charge in [0.1, 0.15) is 0 Å². The largest absolute Gasteiger partial charge is 0.394 e. The normalized spacial score (nSPS) is 34.6. The van der Waals surface area contributed by atoms with Gasteiger partial charge in [-0.05, 0) is 74.6 Å². The molecule has 4 aliphatic rings. The van der Waals surface area contributed by atoms with Gasteiger partial charge < -0.3 is 20.1 Å². The predicted molar refractivity (Wildman–Crippen MR) is 106 cm³/mol. The fourth-order valence-corrected chi connectivity index (χ4v) is 5.48. The van der Waals surface area contributed by atoms with Crippen LogP contribution in [0.15, 0.2) is 18.2 Å². The zero-order chi connectivity index (χ0) is 19.2. The molecule has 2 aliphatic carbocycles. The van der Waals surface area contributed by atoms with E-state index in [1.54, 1.807) is 0 Å². The second-order valence-corrected chi connectivity index (χ2v) is 9.23. The molecule has 0 radical (unpaired) electrons. The second-order valence-electron chi connectivity index (χ2n) is 8.82. The molecule has 1 aromatic carbocycles. The van der Waals surface area contributed by atoms with Gasteiger partial charge in [-0.2, -0.15) is 0 Å². The van der Waals surface area contributed by atoms with Crippen LogP contribution in [0.25, 0.3) is 0 Å². The van der Waals surface area contributed by atoms with Crippen molar-refractivity contribution in [3.8, 4) is 0 Å². The zero-order valence-corrected chi connectivity index (χ0v) is 16.8. The third kappa shape index (κ3) is 3.69. The van der Waals surface area contributed by atoms with Crippen LogP contribution in [-0.2, 0) is 4.74 Å². The Hall–Kier alpha value is -1.30. The summed E-state index contributed by atoms with van der Waals surface area (Å²) in [5.74, 6) is 1.04. The number of aliphatic hydroxyl groups excluding tert-OH is 1. The highest BCUT2D eigenvalue weighted by atomic mass is 35.5. The van der Waals surface area contributed by atoms with Crippen LogP contribution in [0, 0.1) is 5.92 Å². The molecule has 2 N–H and O–H groups in total. The van der Waals surface area contributed by atoms with E-state index in [9.17, 15) is 4.79 Å².